The van der Waals surface area contributed by atoms with E-state index in [9.17, 15) is 9.59 Å². The number of fused-ring (bicyclic) bond motifs is 1. The molecule has 17 heavy (non-hydrogen) atoms. The van der Waals surface area contributed by atoms with Crippen molar-refractivity contribution < 1.29 is 4.74 Å². The van der Waals surface area contributed by atoms with Crippen molar-refractivity contribution in [2.45, 2.75) is 6.54 Å². The van der Waals surface area contributed by atoms with Gasteiger partial charge in [-0.05, 0) is 12.2 Å². The third-order valence-corrected chi connectivity index (χ3v) is 2.94. The molecule has 0 aliphatic heterocycles. The Morgan fingerprint density at radius 3 is 2.71 bits per heavy atom. The maximum absolute atomic E-state index is 11.7. The molecule has 2 heterocycles. The second kappa shape index (κ2) is 4.30. The predicted molar refractivity (Wildman–Crippen MR) is 64.9 cm³/mol. The Morgan fingerprint density at radius 1 is 1.35 bits per heavy atom. The predicted octanol–water partition coefficient (Wildman–Crippen LogP) is -0.268. The minimum Gasteiger partial charge on any atom is -0.383 e. The molecule has 8 heteroatoms. The molecule has 92 valence electrons. The summed E-state index contributed by atoms with van der Waals surface area (Å²) in [5, 5.41) is 0. The van der Waals surface area contributed by atoms with E-state index in [0.717, 1.165) is 0 Å². The van der Waals surface area contributed by atoms with Crippen molar-refractivity contribution in [2.24, 2.45) is 7.05 Å². The first-order valence-electron chi connectivity index (χ1n) is 4.97. The second-order valence-electron chi connectivity index (χ2n) is 3.59. The quantitative estimate of drug-likeness (QED) is 0.740. The highest BCUT2D eigenvalue weighted by Crippen LogP contribution is 2.05. The van der Waals surface area contributed by atoms with Gasteiger partial charge in [0, 0.05) is 14.2 Å². The van der Waals surface area contributed by atoms with E-state index in [1.807, 2.05) is 0 Å². The Hall–Kier alpha value is -1.67. The summed E-state index contributed by atoms with van der Waals surface area (Å²) in [6, 6.07) is 0. The fourth-order valence-electron chi connectivity index (χ4n) is 1.68. The van der Waals surface area contributed by atoms with Crippen LogP contribution < -0.4 is 11.2 Å². The number of H-pyrrole nitrogens is 2. The Bertz CT molecular complexity index is 720. The van der Waals surface area contributed by atoms with Crippen LogP contribution in [0.2, 0.25) is 0 Å². The number of ether oxygens (including phenoxy) is 1. The third kappa shape index (κ3) is 1.85. The summed E-state index contributed by atoms with van der Waals surface area (Å²) in [4.78, 5) is 28.4. The molecule has 2 rings (SSSR count). The van der Waals surface area contributed by atoms with Gasteiger partial charge in [0.2, 0.25) is 0 Å². The lowest BCUT2D eigenvalue weighted by Crippen LogP contribution is -2.31. The summed E-state index contributed by atoms with van der Waals surface area (Å²) in [6.07, 6.45) is 0. The van der Waals surface area contributed by atoms with E-state index in [0.29, 0.717) is 29.1 Å². The van der Waals surface area contributed by atoms with Crippen LogP contribution in [0.1, 0.15) is 0 Å². The van der Waals surface area contributed by atoms with Crippen LogP contribution in [-0.2, 0) is 18.3 Å². The van der Waals surface area contributed by atoms with Gasteiger partial charge >= 0.3 is 5.69 Å². The van der Waals surface area contributed by atoms with Crippen molar-refractivity contribution in [3.05, 3.63) is 25.6 Å². The average Bonchev–Trinajstić information content (AvgIpc) is 2.55. The van der Waals surface area contributed by atoms with Gasteiger partial charge in [0.15, 0.2) is 10.3 Å². The lowest BCUT2D eigenvalue weighted by molar-refractivity contribution is 0.187. The smallest absolute Gasteiger partial charge is 0.330 e. The minimum absolute atomic E-state index is 0.345. The summed E-state index contributed by atoms with van der Waals surface area (Å²) < 4.78 is 8.24. The van der Waals surface area contributed by atoms with Gasteiger partial charge < -0.3 is 14.3 Å². The molecule has 0 fully saturated rings. The van der Waals surface area contributed by atoms with E-state index in [-0.39, 0.29) is 0 Å². The monoisotopic (exact) mass is 256 g/mol. The van der Waals surface area contributed by atoms with E-state index in [4.69, 9.17) is 17.0 Å². The fraction of sp³-hybridized carbons (Fsp3) is 0.444. The molecule has 2 aromatic heterocycles. The first-order valence-corrected chi connectivity index (χ1v) is 5.38. The molecule has 0 spiro atoms. The summed E-state index contributed by atoms with van der Waals surface area (Å²) in [5.74, 6) is 0. The summed E-state index contributed by atoms with van der Waals surface area (Å²) in [7, 11) is 3.21. The van der Waals surface area contributed by atoms with Gasteiger partial charge in [-0.3, -0.25) is 14.3 Å². The number of nitrogens with one attached hydrogen (secondary N) is 2. The van der Waals surface area contributed by atoms with Crippen LogP contribution in [0.15, 0.2) is 9.59 Å². The van der Waals surface area contributed by atoms with Crippen LogP contribution in [-0.4, -0.2) is 32.8 Å². The van der Waals surface area contributed by atoms with Gasteiger partial charge in [0.1, 0.15) is 5.65 Å². The molecule has 2 N–H and O–H groups in total. The number of imidazole rings is 1. The highest BCUT2D eigenvalue weighted by Gasteiger charge is 2.11. The van der Waals surface area contributed by atoms with E-state index >= 15 is 0 Å². The Balaban J connectivity index is 2.84. The lowest BCUT2D eigenvalue weighted by atomic mass is 10.5. The van der Waals surface area contributed by atoms with E-state index in [1.54, 1.807) is 14.2 Å². The summed E-state index contributed by atoms with van der Waals surface area (Å²) in [5.41, 5.74) is -0.154. The number of hydrogen-bond donors (Lipinski definition) is 2. The zero-order chi connectivity index (χ0) is 12.6. The van der Waals surface area contributed by atoms with E-state index < -0.39 is 11.2 Å². The Labute approximate surface area is 101 Å². The highest BCUT2D eigenvalue weighted by atomic mass is 32.1. The summed E-state index contributed by atoms with van der Waals surface area (Å²) >= 11 is 5.04. The number of rotatable bonds is 3. The molecule has 2 aromatic rings. The number of hydrogen-bond acceptors (Lipinski definition) is 4. The molecule has 0 radical (unpaired) electrons. The van der Waals surface area contributed by atoms with Crippen molar-refractivity contribution in [3.8, 4) is 0 Å². The molecule has 7 nitrogen and oxygen atoms in total. The number of aromatic amines is 2. The van der Waals surface area contributed by atoms with Gasteiger partial charge in [-0.25, -0.2) is 4.79 Å². The van der Waals surface area contributed by atoms with Gasteiger partial charge in [0.25, 0.3) is 5.56 Å². The van der Waals surface area contributed by atoms with Gasteiger partial charge in [-0.1, -0.05) is 0 Å². The molecular weight excluding hydrogens is 244 g/mol. The minimum atomic E-state index is -0.476. The molecule has 0 aliphatic rings. The average molecular weight is 256 g/mol. The fourth-order valence-corrected chi connectivity index (χ4v) is 1.87. The SMILES string of the molecule is COCCn1c(=O)[nH]c(=O)c2c1[nH]c(=S)n2C. The van der Waals surface area contributed by atoms with Crippen LogP contribution in [0.5, 0.6) is 0 Å². The molecule has 0 saturated heterocycles. The van der Waals surface area contributed by atoms with Crippen LogP contribution in [0.25, 0.3) is 11.2 Å². The molecule has 0 bridgehead atoms. The highest BCUT2D eigenvalue weighted by molar-refractivity contribution is 7.71. The van der Waals surface area contributed by atoms with Crippen molar-refractivity contribution in [1.29, 1.82) is 0 Å². The topological polar surface area (TPSA) is 84.8 Å². The van der Waals surface area contributed by atoms with Crippen molar-refractivity contribution in [3.63, 3.8) is 0 Å². The zero-order valence-electron chi connectivity index (χ0n) is 9.44. The van der Waals surface area contributed by atoms with Crippen LogP contribution in [0.4, 0.5) is 0 Å². The molecule has 0 aromatic carbocycles. The van der Waals surface area contributed by atoms with Crippen LogP contribution >= 0.6 is 12.2 Å². The standard InChI is InChI=1S/C9H12N4O3S/c1-12-5-6(10-9(12)17)13(3-4-16-2)8(15)11-7(5)14/h3-4H2,1-2H3,(H,10,17)(H,11,14,15). The maximum atomic E-state index is 11.7. The number of nitrogens with zero attached hydrogens (tertiary/aromatic N) is 2. The Kier molecular flexibility index (Phi) is 2.99. The van der Waals surface area contributed by atoms with Crippen molar-refractivity contribution in [2.75, 3.05) is 13.7 Å². The largest absolute Gasteiger partial charge is 0.383 e. The lowest BCUT2D eigenvalue weighted by Gasteiger charge is -2.05. The second-order valence-corrected chi connectivity index (χ2v) is 3.98. The Morgan fingerprint density at radius 2 is 2.06 bits per heavy atom. The third-order valence-electron chi connectivity index (χ3n) is 2.56. The number of methoxy groups -OCH3 is 1. The van der Waals surface area contributed by atoms with E-state index in [1.165, 1.54) is 9.13 Å². The van der Waals surface area contributed by atoms with Gasteiger partial charge in [0.05, 0.1) is 13.2 Å². The normalized spacial score (nSPS) is 11.2. The molecule has 0 saturated carbocycles. The molecule has 0 aliphatic carbocycles. The molecular formula is C9H12N4O3S. The summed E-state index contributed by atoms with van der Waals surface area (Å²) in [6.45, 7) is 0.717. The first-order chi connectivity index (χ1) is 8.06. The first kappa shape index (κ1) is 11.8. The molecule has 0 amide bonds. The molecule has 0 unspecified atom stereocenters. The van der Waals surface area contributed by atoms with Crippen LogP contribution in [0.3, 0.4) is 0 Å². The van der Waals surface area contributed by atoms with E-state index in [2.05, 4.69) is 9.97 Å². The maximum Gasteiger partial charge on any atom is 0.330 e. The van der Waals surface area contributed by atoms with Crippen molar-refractivity contribution in [1.82, 2.24) is 19.1 Å². The number of aromatic nitrogens is 4. The van der Waals surface area contributed by atoms with Crippen molar-refractivity contribution >= 4 is 23.4 Å². The van der Waals surface area contributed by atoms with Crippen LogP contribution in [0, 0.1) is 4.77 Å². The van der Waals surface area contributed by atoms with Gasteiger partial charge in [-0.15, -0.1) is 0 Å². The molecule has 0 atom stereocenters. The zero-order valence-corrected chi connectivity index (χ0v) is 10.3. The van der Waals surface area contributed by atoms with Gasteiger partial charge in [-0.2, -0.15) is 0 Å². The number of aryl methyl sites for hydroxylation is 1.